The van der Waals surface area contributed by atoms with E-state index in [0.29, 0.717) is 0 Å². The first-order valence-electron chi connectivity index (χ1n) is 4.37. The Bertz CT molecular complexity index is 280. The van der Waals surface area contributed by atoms with Gasteiger partial charge in [-0.05, 0) is 6.42 Å². The minimum atomic E-state index is -0.779. The molecule has 0 spiro atoms. The lowest BCUT2D eigenvalue weighted by molar-refractivity contribution is -0.143. The first-order chi connectivity index (χ1) is 7.13. The molecule has 1 saturated heterocycles. The monoisotopic (exact) mass is 235 g/mol. The van der Waals surface area contributed by atoms with Crippen molar-refractivity contribution in [2.24, 2.45) is 0 Å². The third kappa shape index (κ3) is 3.75. The van der Waals surface area contributed by atoms with E-state index in [9.17, 15) is 14.4 Å². The van der Waals surface area contributed by atoms with E-state index in [0.717, 1.165) is 0 Å². The number of ether oxygens (including phenoxy) is 2. The average Bonchev–Trinajstić information content (AvgIpc) is 2.51. The Labute approximate surface area is 90.9 Å². The van der Waals surface area contributed by atoms with Gasteiger partial charge in [-0.2, -0.15) is 0 Å². The van der Waals surface area contributed by atoms with Gasteiger partial charge in [0.1, 0.15) is 12.6 Å². The number of halogens is 1. The van der Waals surface area contributed by atoms with Crippen molar-refractivity contribution < 1.29 is 23.9 Å². The van der Waals surface area contributed by atoms with Gasteiger partial charge in [-0.3, -0.25) is 4.79 Å². The standard InChI is InChI=1S/C8H10ClNO5/c9-3-4-14-6(11)2-1-5-7(12)15-8(13)10-5/h5H,1-4H2,(H,10,13)/t5-/m0/s1. The zero-order valence-electron chi connectivity index (χ0n) is 7.82. The normalized spacial score (nSPS) is 19.7. The van der Waals surface area contributed by atoms with Crippen molar-refractivity contribution in [2.45, 2.75) is 18.9 Å². The second-order valence-corrected chi connectivity index (χ2v) is 3.23. The maximum Gasteiger partial charge on any atom is 0.415 e. The van der Waals surface area contributed by atoms with Crippen LogP contribution in [0.5, 0.6) is 0 Å². The fraction of sp³-hybridized carbons (Fsp3) is 0.625. The molecule has 1 aliphatic rings. The molecule has 0 unspecified atom stereocenters. The van der Waals surface area contributed by atoms with Crippen LogP contribution in [0.4, 0.5) is 4.79 Å². The molecule has 1 aliphatic heterocycles. The Kier molecular flexibility index (Phi) is 4.36. The lowest BCUT2D eigenvalue weighted by Crippen LogP contribution is -2.29. The van der Waals surface area contributed by atoms with Gasteiger partial charge in [0, 0.05) is 6.42 Å². The Morgan fingerprint density at radius 2 is 2.27 bits per heavy atom. The van der Waals surface area contributed by atoms with Crippen LogP contribution >= 0.6 is 11.6 Å². The first-order valence-corrected chi connectivity index (χ1v) is 4.90. The number of amides is 1. The quantitative estimate of drug-likeness (QED) is 0.418. The largest absolute Gasteiger partial charge is 0.464 e. The number of hydrogen-bond acceptors (Lipinski definition) is 5. The van der Waals surface area contributed by atoms with E-state index in [2.05, 4.69) is 14.8 Å². The summed E-state index contributed by atoms with van der Waals surface area (Å²) in [6.07, 6.45) is -0.568. The molecule has 0 radical (unpaired) electrons. The van der Waals surface area contributed by atoms with Crippen molar-refractivity contribution in [1.82, 2.24) is 5.32 Å². The molecule has 84 valence electrons. The summed E-state index contributed by atoms with van der Waals surface area (Å²) < 4.78 is 8.90. The van der Waals surface area contributed by atoms with E-state index in [1.165, 1.54) is 0 Å². The number of rotatable bonds is 5. The molecular weight excluding hydrogens is 226 g/mol. The second kappa shape index (κ2) is 5.55. The summed E-state index contributed by atoms with van der Waals surface area (Å²) >= 11 is 5.31. The van der Waals surface area contributed by atoms with Gasteiger partial charge >= 0.3 is 18.0 Å². The third-order valence-electron chi connectivity index (χ3n) is 1.75. The summed E-state index contributed by atoms with van der Waals surface area (Å²) in [4.78, 5) is 32.5. The molecule has 15 heavy (non-hydrogen) atoms. The van der Waals surface area contributed by atoms with E-state index in [1.807, 2.05) is 0 Å². The number of alkyl carbamates (subject to hydrolysis) is 1. The first kappa shape index (κ1) is 11.8. The fourth-order valence-electron chi connectivity index (χ4n) is 1.07. The summed E-state index contributed by atoms with van der Waals surface area (Å²) in [5.74, 6) is -0.886. The zero-order chi connectivity index (χ0) is 11.3. The summed E-state index contributed by atoms with van der Waals surface area (Å²) in [7, 11) is 0. The number of esters is 2. The van der Waals surface area contributed by atoms with Gasteiger partial charge in [0.05, 0.1) is 5.88 Å². The van der Waals surface area contributed by atoms with E-state index in [-0.39, 0.29) is 25.3 Å². The van der Waals surface area contributed by atoms with E-state index in [1.54, 1.807) is 0 Å². The highest BCUT2D eigenvalue weighted by Gasteiger charge is 2.32. The van der Waals surface area contributed by atoms with Gasteiger partial charge < -0.3 is 14.8 Å². The molecule has 1 heterocycles. The maximum atomic E-state index is 11.0. The molecule has 0 bridgehead atoms. The van der Waals surface area contributed by atoms with Gasteiger partial charge in [0.25, 0.3) is 0 Å². The van der Waals surface area contributed by atoms with Gasteiger partial charge in [0.2, 0.25) is 0 Å². The van der Waals surface area contributed by atoms with Crippen molar-refractivity contribution in [3.05, 3.63) is 0 Å². The summed E-state index contributed by atoms with van der Waals surface area (Å²) in [6.45, 7) is 0.141. The van der Waals surface area contributed by atoms with E-state index in [4.69, 9.17) is 11.6 Å². The number of hydrogen-bond donors (Lipinski definition) is 1. The molecule has 1 rings (SSSR count). The third-order valence-corrected chi connectivity index (χ3v) is 1.90. The molecule has 0 aliphatic carbocycles. The van der Waals surface area contributed by atoms with Crippen LogP contribution < -0.4 is 5.32 Å². The van der Waals surface area contributed by atoms with Crippen LogP contribution in [-0.4, -0.2) is 36.6 Å². The van der Waals surface area contributed by atoms with Crippen LogP contribution in [0.25, 0.3) is 0 Å². The molecule has 1 N–H and O–H groups in total. The van der Waals surface area contributed by atoms with Gasteiger partial charge in [-0.25, -0.2) is 9.59 Å². The predicted molar refractivity (Wildman–Crippen MR) is 49.3 cm³/mol. The number of cyclic esters (lactones) is 2. The zero-order valence-corrected chi connectivity index (χ0v) is 8.58. The SMILES string of the molecule is O=C(CC[C@@H]1NC(=O)OC1=O)OCCCl. The predicted octanol–water partition coefficient (Wildman–Crippen LogP) is 0.184. The Hall–Kier alpha value is -1.30. The van der Waals surface area contributed by atoms with Crippen LogP contribution in [0, 0.1) is 0 Å². The molecule has 0 aromatic carbocycles. The molecule has 0 aromatic heterocycles. The highest BCUT2D eigenvalue weighted by Crippen LogP contribution is 2.07. The number of carbonyl (C=O) groups excluding carboxylic acids is 3. The molecule has 7 heteroatoms. The lowest BCUT2D eigenvalue weighted by atomic mass is 10.2. The van der Waals surface area contributed by atoms with Crippen molar-refractivity contribution in [2.75, 3.05) is 12.5 Å². The van der Waals surface area contributed by atoms with Crippen molar-refractivity contribution in [1.29, 1.82) is 0 Å². The molecule has 1 atom stereocenters. The van der Waals surface area contributed by atoms with Crippen molar-refractivity contribution >= 4 is 29.6 Å². The molecule has 1 fully saturated rings. The minimum Gasteiger partial charge on any atom is -0.464 e. The summed E-state index contributed by atoms with van der Waals surface area (Å²) in [6, 6.07) is -0.749. The van der Waals surface area contributed by atoms with Crippen LogP contribution in [0.15, 0.2) is 0 Å². The Morgan fingerprint density at radius 3 is 2.80 bits per heavy atom. The minimum absolute atomic E-state index is 0.0386. The van der Waals surface area contributed by atoms with Gasteiger partial charge in [-0.1, -0.05) is 0 Å². The highest BCUT2D eigenvalue weighted by atomic mass is 35.5. The molecule has 0 saturated carbocycles. The molecular formula is C8H10ClNO5. The fourth-order valence-corrected chi connectivity index (χ4v) is 1.15. The van der Waals surface area contributed by atoms with Gasteiger partial charge in [-0.15, -0.1) is 11.6 Å². The molecule has 1 amide bonds. The van der Waals surface area contributed by atoms with Crippen LogP contribution in [0.1, 0.15) is 12.8 Å². The maximum absolute atomic E-state index is 11.0. The summed E-state index contributed by atoms with van der Waals surface area (Å²) in [5, 5.41) is 2.27. The van der Waals surface area contributed by atoms with Crippen molar-refractivity contribution in [3.63, 3.8) is 0 Å². The number of carbonyl (C=O) groups is 3. The number of nitrogens with one attached hydrogen (secondary N) is 1. The summed E-state index contributed by atoms with van der Waals surface area (Å²) in [5.41, 5.74) is 0. The van der Waals surface area contributed by atoms with Crippen LogP contribution in [-0.2, 0) is 19.1 Å². The molecule has 0 aromatic rings. The van der Waals surface area contributed by atoms with Gasteiger partial charge in [0.15, 0.2) is 0 Å². The smallest absolute Gasteiger partial charge is 0.415 e. The Balaban J connectivity index is 2.22. The topological polar surface area (TPSA) is 81.7 Å². The van der Waals surface area contributed by atoms with E-state index < -0.39 is 24.1 Å². The lowest BCUT2D eigenvalue weighted by Gasteiger charge is -2.05. The Morgan fingerprint density at radius 1 is 1.53 bits per heavy atom. The van der Waals surface area contributed by atoms with Crippen LogP contribution in [0.3, 0.4) is 0 Å². The van der Waals surface area contributed by atoms with E-state index >= 15 is 0 Å². The highest BCUT2D eigenvalue weighted by molar-refractivity contribution is 6.18. The second-order valence-electron chi connectivity index (χ2n) is 2.85. The average molecular weight is 236 g/mol. The van der Waals surface area contributed by atoms with Crippen molar-refractivity contribution in [3.8, 4) is 0 Å². The van der Waals surface area contributed by atoms with Crippen LogP contribution in [0.2, 0.25) is 0 Å². The molecule has 6 nitrogen and oxygen atoms in total. The number of alkyl halides is 1.